The number of benzene rings is 1. The highest BCUT2D eigenvalue weighted by atomic mass is 16.2. The van der Waals surface area contributed by atoms with Gasteiger partial charge in [-0.25, -0.2) is 0 Å². The molecule has 0 spiro atoms. The minimum Gasteiger partial charge on any atom is -0.336 e. The predicted molar refractivity (Wildman–Crippen MR) is 92.2 cm³/mol. The number of rotatable bonds is 6. The number of nitrogens with zero attached hydrogens (tertiary/aromatic N) is 2. The summed E-state index contributed by atoms with van der Waals surface area (Å²) in [7, 11) is 0. The molecule has 0 aliphatic rings. The van der Waals surface area contributed by atoms with Gasteiger partial charge in [0.2, 0.25) is 0 Å². The first-order valence-electron chi connectivity index (χ1n) is 8.25. The number of carbonyl (C=O) groups excluding carboxylic acids is 1. The van der Waals surface area contributed by atoms with Crippen molar-refractivity contribution in [1.82, 2.24) is 9.88 Å². The number of unbranched alkanes of at least 4 members (excludes halogenated alkanes) is 1. The maximum atomic E-state index is 13.1. The second kappa shape index (κ2) is 7.39. The van der Waals surface area contributed by atoms with Crippen molar-refractivity contribution in [2.75, 3.05) is 6.54 Å². The Morgan fingerprint density at radius 1 is 1.27 bits per heavy atom. The van der Waals surface area contributed by atoms with Crippen LogP contribution < -0.4 is 0 Å². The lowest BCUT2D eigenvalue weighted by Gasteiger charge is -2.29. The number of amides is 1. The first kappa shape index (κ1) is 16.5. The molecule has 2 rings (SSSR count). The van der Waals surface area contributed by atoms with Crippen LogP contribution in [0.5, 0.6) is 0 Å². The van der Waals surface area contributed by atoms with E-state index in [0.717, 1.165) is 48.0 Å². The van der Waals surface area contributed by atoms with E-state index in [9.17, 15) is 4.79 Å². The monoisotopic (exact) mass is 298 g/mol. The molecule has 1 aromatic heterocycles. The van der Waals surface area contributed by atoms with Gasteiger partial charge in [-0.3, -0.25) is 9.78 Å². The summed E-state index contributed by atoms with van der Waals surface area (Å²) in [5.41, 5.74) is 2.56. The van der Waals surface area contributed by atoms with Crippen LogP contribution in [0.2, 0.25) is 0 Å². The highest BCUT2D eigenvalue weighted by molar-refractivity contribution is 6.06. The average Bonchev–Trinajstić information content (AvgIpc) is 2.53. The van der Waals surface area contributed by atoms with Gasteiger partial charge >= 0.3 is 0 Å². The van der Waals surface area contributed by atoms with Crippen molar-refractivity contribution in [3.05, 3.63) is 41.6 Å². The van der Waals surface area contributed by atoms with Crippen molar-refractivity contribution < 1.29 is 4.79 Å². The van der Waals surface area contributed by atoms with Gasteiger partial charge in [0, 0.05) is 23.7 Å². The fourth-order valence-corrected chi connectivity index (χ4v) is 2.71. The second-order valence-electron chi connectivity index (χ2n) is 5.94. The topological polar surface area (TPSA) is 33.2 Å². The molecule has 0 saturated heterocycles. The van der Waals surface area contributed by atoms with Crippen molar-refractivity contribution in [3.8, 4) is 0 Å². The fourth-order valence-electron chi connectivity index (χ4n) is 2.71. The molecule has 1 heterocycles. The van der Waals surface area contributed by atoms with Gasteiger partial charge in [0.1, 0.15) is 0 Å². The molecule has 1 aromatic carbocycles. The van der Waals surface area contributed by atoms with Gasteiger partial charge in [-0.15, -0.1) is 0 Å². The van der Waals surface area contributed by atoms with Crippen LogP contribution in [0.1, 0.15) is 56.1 Å². The number of aromatic nitrogens is 1. The summed E-state index contributed by atoms with van der Waals surface area (Å²) >= 11 is 0. The number of carbonyl (C=O) groups is 1. The van der Waals surface area contributed by atoms with Crippen molar-refractivity contribution in [1.29, 1.82) is 0 Å². The van der Waals surface area contributed by atoms with Crippen LogP contribution in [0.4, 0.5) is 0 Å². The van der Waals surface area contributed by atoms with Gasteiger partial charge in [-0.2, -0.15) is 0 Å². The Kier molecular flexibility index (Phi) is 5.53. The van der Waals surface area contributed by atoms with Gasteiger partial charge in [0.15, 0.2) is 0 Å². The lowest BCUT2D eigenvalue weighted by molar-refractivity contribution is 0.0687. The molecular formula is C19H26N2O. The van der Waals surface area contributed by atoms with Gasteiger partial charge in [-0.1, -0.05) is 38.5 Å². The maximum Gasteiger partial charge on any atom is 0.254 e. The Bertz CT molecular complexity index is 651. The zero-order chi connectivity index (χ0) is 16.1. The van der Waals surface area contributed by atoms with E-state index in [1.54, 1.807) is 0 Å². The smallest absolute Gasteiger partial charge is 0.254 e. The molecule has 118 valence electrons. The Morgan fingerprint density at radius 2 is 2.00 bits per heavy atom. The van der Waals surface area contributed by atoms with Gasteiger partial charge < -0.3 is 4.90 Å². The summed E-state index contributed by atoms with van der Waals surface area (Å²) in [6.07, 6.45) is 3.10. The van der Waals surface area contributed by atoms with Crippen LogP contribution >= 0.6 is 0 Å². The Hall–Kier alpha value is -1.90. The third kappa shape index (κ3) is 3.46. The van der Waals surface area contributed by atoms with Crippen molar-refractivity contribution in [3.63, 3.8) is 0 Å². The third-order valence-corrected chi connectivity index (χ3v) is 4.21. The summed E-state index contributed by atoms with van der Waals surface area (Å²) in [6, 6.07) is 10.1. The molecule has 1 amide bonds. The van der Waals surface area contributed by atoms with Crippen molar-refractivity contribution in [2.24, 2.45) is 0 Å². The van der Waals surface area contributed by atoms with Gasteiger partial charge in [0.05, 0.1) is 11.1 Å². The van der Waals surface area contributed by atoms with E-state index < -0.39 is 0 Å². The van der Waals surface area contributed by atoms with Crippen LogP contribution in [0.25, 0.3) is 10.9 Å². The van der Waals surface area contributed by atoms with Crippen molar-refractivity contribution >= 4 is 16.8 Å². The second-order valence-corrected chi connectivity index (χ2v) is 5.94. The number of para-hydroxylation sites is 1. The van der Waals surface area contributed by atoms with Crippen LogP contribution in [0.3, 0.4) is 0 Å². The molecular weight excluding hydrogens is 272 g/mol. The van der Waals surface area contributed by atoms with Crippen molar-refractivity contribution in [2.45, 2.75) is 53.0 Å². The first-order valence-corrected chi connectivity index (χ1v) is 8.25. The fraction of sp³-hybridized carbons (Fsp3) is 0.474. The quantitative estimate of drug-likeness (QED) is 0.782. The highest BCUT2D eigenvalue weighted by Gasteiger charge is 2.22. The number of hydrogen-bond acceptors (Lipinski definition) is 2. The summed E-state index contributed by atoms with van der Waals surface area (Å²) in [5.74, 6) is 0.129. The van der Waals surface area contributed by atoms with E-state index in [4.69, 9.17) is 0 Å². The molecule has 0 aliphatic carbocycles. The number of aryl methyl sites for hydroxylation is 1. The number of fused-ring (bicyclic) bond motifs is 1. The van der Waals surface area contributed by atoms with E-state index in [1.165, 1.54) is 0 Å². The van der Waals surface area contributed by atoms with Gasteiger partial charge in [0.25, 0.3) is 5.91 Å². The van der Waals surface area contributed by atoms with Gasteiger partial charge in [-0.05, 0) is 38.8 Å². The lowest BCUT2D eigenvalue weighted by atomic mass is 10.0. The first-order chi connectivity index (χ1) is 10.6. The Morgan fingerprint density at radius 3 is 2.68 bits per heavy atom. The molecule has 3 heteroatoms. The average molecular weight is 298 g/mol. The summed E-state index contributed by atoms with van der Waals surface area (Å²) in [5, 5.41) is 0.947. The SMILES string of the molecule is CCCCN(C(=O)c1cc(C)nc2ccccc12)C(C)CC. The van der Waals surface area contributed by atoms with Crippen LogP contribution in [-0.2, 0) is 0 Å². The van der Waals surface area contributed by atoms with E-state index in [1.807, 2.05) is 42.2 Å². The number of hydrogen-bond donors (Lipinski definition) is 0. The summed E-state index contributed by atoms with van der Waals surface area (Å²) < 4.78 is 0. The molecule has 1 unspecified atom stereocenters. The van der Waals surface area contributed by atoms with E-state index in [2.05, 4.69) is 25.8 Å². The minimum absolute atomic E-state index is 0.129. The summed E-state index contributed by atoms with van der Waals surface area (Å²) in [4.78, 5) is 19.7. The third-order valence-electron chi connectivity index (χ3n) is 4.21. The van der Waals surface area contributed by atoms with Crippen LogP contribution in [0, 0.1) is 6.92 Å². The Balaban J connectivity index is 2.45. The molecule has 22 heavy (non-hydrogen) atoms. The highest BCUT2D eigenvalue weighted by Crippen LogP contribution is 2.21. The molecule has 0 radical (unpaired) electrons. The molecule has 0 fully saturated rings. The van der Waals surface area contributed by atoms with Crippen LogP contribution in [-0.4, -0.2) is 28.4 Å². The molecule has 0 saturated carbocycles. The predicted octanol–water partition coefficient (Wildman–Crippen LogP) is 4.58. The summed E-state index contributed by atoms with van der Waals surface area (Å²) in [6.45, 7) is 9.19. The zero-order valence-electron chi connectivity index (χ0n) is 14.1. The molecule has 1 atom stereocenters. The van der Waals surface area contributed by atoms with Crippen LogP contribution in [0.15, 0.2) is 30.3 Å². The molecule has 2 aromatic rings. The number of pyridine rings is 1. The van der Waals surface area contributed by atoms with E-state index in [0.29, 0.717) is 0 Å². The minimum atomic E-state index is 0.129. The maximum absolute atomic E-state index is 13.1. The Labute approximate surface area is 133 Å². The molecule has 0 aliphatic heterocycles. The normalized spacial score (nSPS) is 12.4. The van der Waals surface area contributed by atoms with E-state index in [-0.39, 0.29) is 11.9 Å². The molecule has 3 nitrogen and oxygen atoms in total. The lowest BCUT2D eigenvalue weighted by Crippen LogP contribution is -2.39. The standard InChI is InChI=1S/C19H26N2O/c1-5-7-12-21(15(4)6-2)19(22)17-13-14(3)20-18-11-9-8-10-16(17)18/h8-11,13,15H,5-7,12H2,1-4H3. The molecule has 0 N–H and O–H groups in total. The zero-order valence-corrected chi connectivity index (χ0v) is 14.1. The van der Waals surface area contributed by atoms with E-state index >= 15 is 0 Å². The molecule has 0 bridgehead atoms. The largest absolute Gasteiger partial charge is 0.336 e.